The highest BCUT2D eigenvalue weighted by Gasteiger charge is 2.18. The maximum atomic E-state index is 11.7. The SMILES string of the molecule is CC(C)(O)/C(Cl)=C\S(=O)c1ccccc1. The van der Waals surface area contributed by atoms with Crippen molar-refractivity contribution in [1.82, 2.24) is 0 Å². The van der Waals surface area contributed by atoms with Crippen LogP contribution in [0, 0.1) is 0 Å². The molecule has 0 aliphatic carbocycles. The van der Waals surface area contributed by atoms with Crippen LogP contribution in [0.2, 0.25) is 0 Å². The zero-order valence-electron chi connectivity index (χ0n) is 8.61. The molecule has 0 aliphatic heterocycles. The molecule has 0 radical (unpaired) electrons. The highest BCUT2D eigenvalue weighted by molar-refractivity contribution is 7.88. The Morgan fingerprint density at radius 2 is 1.93 bits per heavy atom. The Morgan fingerprint density at radius 1 is 1.40 bits per heavy atom. The van der Waals surface area contributed by atoms with Crippen LogP contribution in [0.5, 0.6) is 0 Å². The van der Waals surface area contributed by atoms with Gasteiger partial charge < -0.3 is 5.11 Å². The zero-order chi connectivity index (χ0) is 11.5. The lowest BCUT2D eigenvalue weighted by Crippen LogP contribution is -2.18. The summed E-state index contributed by atoms with van der Waals surface area (Å²) in [5.74, 6) is 0. The molecular weight excluding hydrogens is 232 g/mol. The van der Waals surface area contributed by atoms with Gasteiger partial charge in [0.15, 0.2) is 0 Å². The molecule has 4 heteroatoms. The van der Waals surface area contributed by atoms with E-state index in [4.69, 9.17) is 11.6 Å². The summed E-state index contributed by atoms with van der Waals surface area (Å²) in [5, 5.41) is 11.1. The van der Waals surface area contributed by atoms with E-state index in [9.17, 15) is 9.32 Å². The smallest absolute Gasteiger partial charge is 0.0951 e. The second kappa shape index (κ2) is 4.92. The molecule has 0 aliphatic rings. The Hall–Kier alpha value is -0.640. The van der Waals surface area contributed by atoms with Crippen molar-refractivity contribution in [3.8, 4) is 0 Å². The van der Waals surface area contributed by atoms with E-state index in [1.807, 2.05) is 6.07 Å². The average Bonchev–Trinajstić information content (AvgIpc) is 2.17. The van der Waals surface area contributed by atoms with Crippen molar-refractivity contribution in [1.29, 1.82) is 0 Å². The first-order valence-electron chi connectivity index (χ1n) is 4.47. The van der Waals surface area contributed by atoms with Gasteiger partial charge in [-0.25, -0.2) is 4.21 Å². The number of benzene rings is 1. The quantitative estimate of drug-likeness (QED) is 0.888. The molecule has 0 bridgehead atoms. The van der Waals surface area contributed by atoms with Gasteiger partial charge in [0.2, 0.25) is 0 Å². The lowest BCUT2D eigenvalue weighted by Gasteiger charge is -2.15. The van der Waals surface area contributed by atoms with E-state index >= 15 is 0 Å². The standard InChI is InChI=1S/C11H13ClO2S/c1-11(2,13)10(12)8-15(14)9-6-4-3-5-7-9/h3-8,13H,1-2H3/b10-8+. The van der Waals surface area contributed by atoms with Crippen LogP contribution in [-0.2, 0) is 10.8 Å². The minimum absolute atomic E-state index is 0.185. The second-order valence-corrected chi connectivity index (χ2v) is 5.34. The molecule has 1 atom stereocenters. The summed E-state index contributed by atoms with van der Waals surface area (Å²) in [6.45, 7) is 3.10. The normalized spacial score (nSPS) is 15.1. The lowest BCUT2D eigenvalue weighted by molar-refractivity contribution is 0.128. The Balaban J connectivity index is 2.90. The van der Waals surface area contributed by atoms with Crippen LogP contribution in [0.1, 0.15) is 13.8 Å². The number of hydrogen-bond acceptors (Lipinski definition) is 2. The first-order valence-corrected chi connectivity index (χ1v) is 6.06. The molecule has 0 fully saturated rings. The van der Waals surface area contributed by atoms with Crippen LogP contribution in [0.4, 0.5) is 0 Å². The van der Waals surface area contributed by atoms with Crippen molar-refractivity contribution in [2.45, 2.75) is 24.3 Å². The van der Waals surface area contributed by atoms with Gasteiger partial charge in [-0.2, -0.15) is 0 Å². The molecular formula is C11H13ClO2S. The molecule has 1 aromatic rings. The molecule has 0 aromatic heterocycles. The van der Waals surface area contributed by atoms with Crippen molar-refractivity contribution in [2.24, 2.45) is 0 Å². The fraction of sp³-hybridized carbons (Fsp3) is 0.273. The molecule has 1 aromatic carbocycles. The van der Waals surface area contributed by atoms with Gasteiger partial charge in [-0.1, -0.05) is 29.8 Å². The lowest BCUT2D eigenvalue weighted by atomic mass is 10.1. The van der Waals surface area contributed by atoms with Crippen LogP contribution in [0.3, 0.4) is 0 Å². The molecule has 0 amide bonds. The first kappa shape index (κ1) is 12.4. The van der Waals surface area contributed by atoms with Gasteiger partial charge in [0, 0.05) is 10.3 Å². The van der Waals surface area contributed by atoms with Crippen LogP contribution < -0.4 is 0 Å². The van der Waals surface area contributed by atoms with Crippen molar-refractivity contribution in [2.75, 3.05) is 0 Å². The number of halogens is 1. The monoisotopic (exact) mass is 244 g/mol. The third-order valence-electron chi connectivity index (χ3n) is 1.77. The van der Waals surface area contributed by atoms with E-state index in [2.05, 4.69) is 0 Å². The molecule has 1 N–H and O–H groups in total. The van der Waals surface area contributed by atoms with E-state index in [0.29, 0.717) is 4.90 Å². The van der Waals surface area contributed by atoms with Crippen molar-refractivity contribution < 1.29 is 9.32 Å². The molecule has 0 spiro atoms. The zero-order valence-corrected chi connectivity index (χ0v) is 10.2. The summed E-state index contributed by atoms with van der Waals surface area (Å²) in [4.78, 5) is 0.667. The molecule has 82 valence electrons. The number of aliphatic hydroxyl groups is 1. The van der Waals surface area contributed by atoms with E-state index in [-0.39, 0.29) is 5.03 Å². The largest absolute Gasteiger partial charge is 0.385 e. The number of rotatable bonds is 3. The predicted molar refractivity (Wildman–Crippen MR) is 63.1 cm³/mol. The Labute approximate surface area is 97.0 Å². The van der Waals surface area contributed by atoms with Crippen LogP contribution >= 0.6 is 11.6 Å². The summed E-state index contributed by atoms with van der Waals surface area (Å²) in [5.41, 5.74) is -1.15. The maximum absolute atomic E-state index is 11.7. The van der Waals surface area contributed by atoms with E-state index in [1.165, 1.54) is 5.41 Å². The van der Waals surface area contributed by atoms with Crippen molar-refractivity contribution >= 4 is 22.4 Å². The molecule has 15 heavy (non-hydrogen) atoms. The minimum atomic E-state index is -1.31. The molecule has 0 saturated heterocycles. The van der Waals surface area contributed by atoms with Gasteiger partial charge in [-0.15, -0.1) is 0 Å². The second-order valence-electron chi connectivity index (χ2n) is 3.64. The maximum Gasteiger partial charge on any atom is 0.0951 e. The van der Waals surface area contributed by atoms with Gasteiger partial charge in [0.25, 0.3) is 0 Å². The Morgan fingerprint density at radius 3 is 2.40 bits per heavy atom. The molecule has 2 nitrogen and oxygen atoms in total. The van der Waals surface area contributed by atoms with Gasteiger partial charge in [-0.05, 0) is 26.0 Å². The summed E-state index contributed by atoms with van der Waals surface area (Å²) in [6, 6.07) is 8.96. The van der Waals surface area contributed by atoms with Gasteiger partial charge in [0.1, 0.15) is 0 Å². The highest BCUT2D eigenvalue weighted by Crippen LogP contribution is 2.21. The van der Waals surface area contributed by atoms with Gasteiger partial charge in [-0.3, -0.25) is 0 Å². The topological polar surface area (TPSA) is 37.3 Å². The van der Waals surface area contributed by atoms with Crippen LogP contribution in [0.15, 0.2) is 45.7 Å². The first-order chi connectivity index (χ1) is 6.91. The van der Waals surface area contributed by atoms with Crippen LogP contribution in [0.25, 0.3) is 0 Å². The minimum Gasteiger partial charge on any atom is -0.385 e. The third-order valence-corrected chi connectivity index (χ3v) is 3.66. The number of hydrogen-bond donors (Lipinski definition) is 1. The fourth-order valence-corrected chi connectivity index (χ4v) is 2.14. The average molecular weight is 245 g/mol. The highest BCUT2D eigenvalue weighted by atomic mass is 35.5. The molecule has 0 heterocycles. The predicted octanol–water partition coefficient (Wildman–Crippen LogP) is 2.65. The van der Waals surface area contributed by atoms with Crippen LogP contribution in [-0.4, -0.2) is 14.9 Å². The van der Waals surface area contributed by atoms with E-state index in [1.54, 1.807) is 38.1 Å². The van der Waals surface area contributed by atoms with Gasteiger partial charge in [0.05, 0.1) is 21.4 Å². The molecule has 0 saturated carbocycles. The van der Waals surface area contributed by atoms with E-state index < -0.39 is 16.4 Å². The fourth-order valence-electron chi connectivity index (χ4n) is 0.861. The summed E-state index contributed by atoms with van der Waals surface area (Å²) < 4.78 is 11.7. The summed E-state index contributed by atoms with van der Waals surface area (Å²) in [7, 11) is -1.31. The summed E-state index contributed by atoms with van der Waals surface area (Å²) >= 11 is 5.82. The van der Waals surface area contributed by atoms with Crippen molar-refractivity contribution in [3.63, 3.8) is 0 Å². The third kappa shape index (κ3) is 3.78. The van der Waals surface area contributed by atoms with E-state index in [0.717, 1.165) is 0 Å². The van der Waals surface area contributed by atoms with Gasteiger partial charge >= 0.3 is 0 Å². The molecule has 1 rings (SSSR count). The Bertz CT molecular complexity index is 379. The van der Waals surface area contributed by atoms with Crippen molar-refractivity contribution in [3.05, 3.63) is 40.8 Å². The Kier molecular flexibility index (Phi) is 4.08. The summed E-state index contributed by atoms with van der Waals surface area (Å²) in [6.07, 6.45) is 0. The molecule has 1 unspecified atom stereocenters.